The minimum absolute atomic E-state index is 0.0104. The second kappa shape index (κ2) is 7.24. The fraction of sp³-hybridized carbons (Fsp3) is 0.600. The Morgan fingerprint density at radius 3 is 2.52 bits per heavy atom. The van der Waals surface area contributed by atoms with Gasteiger partial charge in [-0.15, -0.1) is 0 Å². The lowest BCUT2D eigenvalue weighted by atomic mass is 9.87. The van der Waals surface area contributed by atoms with Gasteiger partial charge in [0.15, 0.2) is 0 Å². The maximum atomic E-state index is 12.2. The molecule has 2 atom stereocenters. The average Bonchev–Trinajstić information content (AvgIpc) is 2.47. The van der Waals surface area contributed by atoms with E-state index < -0.39 is 16.1 Å². The van der Waals surface area contributed by atoms with Gasteiger partial charge in [-0.2, -0.15) is 0 Å². The van der Waals surface area contributed by atoms with Crippen LogP contribution in [-0.2, 0) is 10.0 Å². The Morgan fingerprint density at radius 2 is 1.90 bits per heavy atom. The van der Waals surface area contributed by atoms with Gasteiger partial charge in [0, 0.05) is 6.54 Å². The fourth-order valence-corrected chi connectivity index (χ4v) is 3.70. The zero-order chi connectivity index (χ0) is 15.3. The van der Waals surface area contributed by atoms with Crippen molar-refractivity contribution >= 4 is 10.0 Å². The number of nitrogens with one attached hydrogen (secondary N) is 1. The first-order valence-electron chi connectivity index (χ1n) is 7.43. The highest BCUT2D eigenvalue weighted by Crippen LogP contribution is 2.24. The van der Waals surface area contributed by atoms with Gasteiger partial charge >= 0.3 is 0 Å². The molecule has 5 nitrogen and oxygen atoms in total. The van der Waals surface area contributed by atoms with Gasteiger partial charge in [0.1, 0.15) is 5.75 Å². The molecule has 0 aliphatic heterocycles. The van der Waals surface area contributed by atoms with E-state index in [0.717, 1.165) is 25.7 Å². The molecular formula is C15H23NO4S. The van der Waals surface area contributed by atoms with Crippen molar-refractivity contribution < 1.29 is 18.3 Å². The van der Waals surface area contributed by atoms with Crippen molar-refractivity contribution in [3.05, 3.63) is 24.3 Å². The topological polar surface area (TPSA) is 75.6 Å². The van der Waals surface area contributed by atoms with Gasteiger partial charge < -0.3 is 9.84 Å². The van der Waals surface area contributed by atoms with Crippen LogP contribution < -0.4 is 9.46 Å². The quantitative estimate of drug-likeness (QED) is 0.841. The van der Waals surface area contributed by atoms with Crippen molar-refractivity contribution in [1.82, 2.24) is 4.72 Å². The minimum atomic E-state index is -3.53. The molecule has 0 amide bonds. The van der Waals surface area contributed by atoms with E-state index in [1.807, 2.05) is 6.92 Å². The summed E-state index contributed by atoms with van der Waals surface area (Å²) in [6.07, 6.45) is 3.29. The van der Waals surface area contributed by atoms with Crippen LogP contribution in [0, 0.1) is 5.92 Å². The lowest BCUT2D eigenvalue weighted by molar-refractivity contribution is 0.0724. The summed E-state index contributed by atoms with van der Waals surface area (Å²) in [4.78, 5) is 0.219. The number of aliphatic hydroxyl groups is 1. The Bertz CT molecular complexity index is 541. The van der Waals surface area contributed by atoms with Crippen LogP contribution in [0.2, 0.25) is 0 Å². The summed E-state index contributed by atoms with van der Waals surface area (Å²) in [5.41, 5.74) is 0. The molecule has 0 aromatic heterocycles. The number of aliphatic hydroxyl groups excluding tert-OH is 1. The molecule has 1 aromatic carbocycles. The van der Waals surface area contributed by atoms with E-state index in [9.17, 15) is 13.5 Å². The number of hydrogen-bond acceptors (Lipinski definition) is 4. The zero-order valence-corrected chi connectivity index (χ0v) is 13.1. The van der Waals surface area contributed by atoms with E-state index in [1.165, 1.54) is 12.1 Å². The molecule has 1 saturated carbocycles. The van der Waals surface area contributed by atoms with E-state index in [4.69, 9.17) is 4.74 Å². The Labute approximate surface area is 126 Å². The third-order valence-electron chi connectivity index (χ3n) is 3.85. The molecule has 0 bridgehead atoms. The fourth-order valence-electron chi connectivity index (χ4n) is 2.61. The summed E-state index contributed by atoms with van der Waals surface area (Å²) in [5.74, 6) is 0.662. The van der Waals surface area contributed by atoms with Crippen LogP contribution in [0.15, 0.2) is 29.2 Å². The Balaban J connectivity index is 1.97. The van der Waals surface area contributed by atoms with Gasteiger partial charge in [-0.3, -0.25) is 0 Å². The summed E-state index contributed by atoms with van der Waals surface area (Å²) < 4.78 is 32.3. The molecular weight excluding hydrogens is 290 g/mol. The minimum Gasteiger partial charge on any atom is -0.494 e. The SMILES string of the molecule is CCOc1ccc(S(=O)(=O)NCC2CCCCC2O)cc1. The van der Waals surface area contributed by atoms with Crippen LogP contribution >= 0.6 is 0 Å². The molecule has 0 spiro atoms. The maximum absolute atomic E-state index is 12.2. The van der Waals surface area contributed by atoms with Crippen molar-refractivity contribution in [2.75, 3.05) is 13.2 Å². The average molecular weight is 313 g/mol. The van der Waals surface area contributed by atoms with E-state index >= 15 is 0 Å². The first kappa shape index (κ1) is 16.3. The van der Waals surface area contributed by atoms with Crippen molar-refractivity contribution in [3.63, 3.8) is 0 Å². The summed E-state index contributed by atoms with van der Waals surface area (Å²) in [5, 5.41) is 9.88. The highest BCUT2D eigenvalue weighted by Gasteiger charge is 2.25. The Morgan fingerprint density at radius 1 is 1.24 bits per heavy atom. The lowest BCUT2D eigenvalue weighted by Gasteiger charge is -2.27. The standard InChI is InChI=1S/C15H23NO4S/c1-2-20-13-7-9-14(10-8-13)21(18,19)16-11-12-5-3-4-6-15(12)17/h7-10,12,15-17H,2-6,11H2,1H3. The molecule has 1 aliphatic rings. The van der Waals surface area contributed by atoms with Crippen LogP contribution in [0.25, 0.3) is 0 Å². The molecule has 2 N–H and O–H groups in total. The van der Waals surface area contributed by atoms with Crippen molar-refractivity contribution in [2.24, 2.45) is 5.92 Å². The molecule has 118 valence electrons. The number of benzene rings is 1. The molecule has 1 aliphatic carbocycles. The van der Waals surface area contributed by atoms with E-state index in [1.54, 1.807) is 12.1 Å². The second-order valence-corrected chi connectivity index (χ2v) is 7.14. The van der Waals surface area contributed by atoms with Crippen molar-refractivity contribution in [3.8, 4) is 5.75 Å². The van der Waals surface area contributed by atoms with Gasteiger partial charge in [-0.25, -0.2) is 13.1 Å². The second-order valence-electron chi connectivity index (χ2n) is 5.37. The summed E-state index contributed by atoms with van der Waals surface area (Å²) >= 11 is 0. The molecule has 21 heavy (non-hydrogen) atoms. The molecule has 2 rings (SSSR count). The molecule has 0 radical (unpaired) electrons. The van der Waals surface area contributed by atoms with Crippen LogP contribution in [0.5, 0.6) is 5.75 Å². The van der Waals surface area contributed by atoms with E-state index in [-0.39, 0.29) is 17.4 Å². The molecule has 6 heteroatoms. The van der Waals surface area contributed by atoms with Crippen LogP contribution in [0.3, 0.4) is 0 Å². The predicted molar refractivity (Wildman–Crippen MR) is 80.8 cm³/mol. The summed E-state index contributed by atoms with van der Waals surface area (Å²) in [6, 6.07) is 6.36. The van der Waals surface area contributed by atoms with Gasteiger partial charge in [0.25, 0.3) is 0 Å². The van der Waals surface area contributed by atoms with Gasteiger partial charge in [0.05, 0.1) is 17.6 Å². The number of hydrogen-bond donors (Lipinski definition) is 2. The smallest absolute Gasteiger partial charge is 0.240 e. The van der Waals surface area contributed by atoms with Crippen molar-refractivity contribution in [2.45, 2.75) is 43.6 Å². The third-order valence-corrected chi connectivity index (χ3v) is 5.29. The van der Waals surface area contributed by atoms with Gasteiger partial charge in [-0.05, 0) is 49.9 Å². The largest absolute Gasteiger partial charge is 0.494 e. The van der Waals surface area contributed by atoms with Crippen LogP contribution in [-0.4, -0.2) is 32.8 Å². The first-order valence-corrected chi connectivity index (χ1v) is 8.92. The molecule has 0 heterocycles. The van der Waals surface area contributed by atoms with E-state index in [2.05, 4.69) is 4.72 Å². The van der Waals surface area contributed by atoms with Crippen LogP contribution in [0.4, 0.5) is 0 Å². The Hall–Kier alpha value is -1.11. The summed E-state index contributed by atoms with van der Waals surface area (Å²) in [6.45, 7) is 2.71. The van der Waals surface area contributed by atoms with Gasteiger partial charge in [0.2, 0.25) is 10.0 Å². The van der Waals surface area contributed by atoms with Crippen molar-refractivity contribution in [1.29, 1.82) is 0 Å². The maximum Gasteiger partial charge on any atom is 0.240 e. The zero-order valence-electron chi connectivity index (χ0n) is 12.3. The molecule has 1 fully saturated rings. The third kappa shape index (κ3) is 4.43. The van der Waals surface area contributed by atoms with Gasteiger partial charge in [-0.1, -0.05) is 12.8 Å². The number of sulfonamides is 1. The first-order chi connectivity index (χ1) is 10.0. The Kier molecular flexibility index (Phi) is 5.61. The molecule has 1 aromatic rings. The van der Waals surface area contributed by atoms with E-state index in [0.29, 0.717) is 12.4 Å². The number of rotatable bonds is 6. The highest BCUT2D eigenvalue weighted by atomic mass is 32.2. The summed E-state index contributed by atoms with van der Waals surface area (Å²) in [7, 11) is -3.53. The predicted octanol–water partition coefficient (Wildman–Crippen LogP) is 1.91. The molecule has 0 saturated heterocycles. The van der Waals surface area contributed by atoms with Crippen LogP contribution in [0.1, 0.15) is 32.6 Å². The normalized spacial score (nSPS) is 23.0. The monoisotopic (exact) mass is 313 g/mol. The molecule has 2 unspecified atom stereocenters. The number of ether oxygens (including phenoxy) is 1. The highest BCUT2D eigenvalue weighted by molar-refractivity contribution is 7.89. The lowest BCUT2D eigenvalue weighted by Crippen LogP contribution is -2.36.